The van der Waals surface area contributed by atoms with Gasteiger partial charge in [0.2, 0.25) is 0 Å². The van der Waals surface area contributed by atoms with Crippen LogP contribution in [0.3, 0.4) is 0 Å². The normalized spacial score (nSPS) is 11.3. The second kappa shape index (κ2) is 6.57. The molecule has 3 aromatic rings. The van der Waals surface area contributed by atoms with Gasteiger partial charge >= 0.3 is 0 Å². The second-order valence-electron chi connectivity index (χ2n) is 5.06. The molecule has 3 aromatic heterocycles. The van der Waals surface area contributed by atoms with Gasteiger partial charge in [0.05, 0.1) is 11.3 Å². The highest BCUT2D eigenvalue weighted by Crippen LogP contribution is 2.31. The summed E-state index contributed by atoms with van der Waals surface area (Å²) >= 11 is 1.36. The fraction of sp³-hybridized carbons (Fsp3) is 0.125. The van der Waals surface area contributed by atoms with Gasteiger partial charge in [-0.25, -0.2) is 12.4 Å². The summed E-state index contributed by atoms with van der Waals surface area (Å²) in [5.74, 6) is 0. The Morgan fingerprint density at radius 1 is 1.42 bits per heavy atom. The maximum Gasteiger partial charge on any atom is 0.269 e. The van der Waals surface area contributed by atoms with Gasteiger partial charge in [-0.15, -0.1) is 0 Å². The first-order valence-corrected chi connectivity index (χ1v) is 9.44. The largest absolute Gasteiger partial charge is 0.316 e. The SMILES string of the molecule is CNCc1cc(-c2cscc2C#N)n(S(=O)(=O)c2cccnc2)c1. The van der Waals surface area contributed by atoms with E-state index in [1.807, 2.05) is 0 Å². The van der Waals surface area contributed by atoms with E-state index in [0.29, 0.717) is 23.4 Å². The summed E-state index contributed by atoms with van der Waals surface area (Å²) < 4.78 is 27.2. The Kier molecular flexibility index (Phi) is 4.49. The fourth-order valence-corrected chi connectivity index (χ4v) is 4.51. The lowest BCUT2D eigenvalue weighted by Crippen LogP contribution is -2.13. The number of aromatic nitrogens is 2. The molecule has 0 atom stereocenters. The van der Waals surface area contributed by atoms with Crippen molar-refractivity contribution in [3.05, 3.63) is 58.7 Å². The highest BCUT2D eigenvalue weighted by molar-refractivity contribution is 7.90. The standard InChI is InChI=1S/C16H14N4O2S2/c1-18-7-12-5-16(15-11-23-10-13(15)6-17)20(9-12)24(21,22)14-3-2-4-19-8-14/h2-5,8-11,18H,7H2,1H3. The van der Waals surface area contributed by atoms with Gasteiger partial charge in [0.25, 0.3) is 10.0 Å². The Bertz CT molecular complexity index is 998. The van der Waals surface area contributed by atoms with E-state index in [9.17, 15) is 13.7 Å². The molecule has 0 saturated heterocycles. The summed E-state index contributed by atoms with van der Waals surface area (Å²) in [5, 5.41) is 15.8. The van der Waals surface area contributed by atoms with Crippen molar-refractivity contribution in [2.75, 3.05) is 7.05 Å². The van der Waals surface area contributed by atoms with E-state index >= 15 is 0 Å². The van der Waals surface area contributed by atoms with Gasteiger partial charge in [-0.3, -0.25) is 4.98 Å². The number of hydrogen-bond acceptors (Lipinski definition) is 6. The summed E-state index contributed by atoms with van der Waals surface area (Å²) in [4.78, 5) is 3.99. The predicted octanol–water partition coefficient (Wildman–Crippen LogP) is 2.44. The predicted molar refractivity (Wildman–Crippen MR) is 92.0 cm³/mol. The Morgan fingerprint density at radius 2 is 2.25 bits per heavy atom. The first kappa shape index (κ1) is 16.4. The summed E-state index contributed by atoms with van der Waals surface area (Å²) in [6, 6.07) is 6.97. The molecule has 6 nitrogen and oxygen atoms in total. The molecule has 1 N–H and O–H groups in total. The average Bonchev–Trinajstić information content (AvgIpc) is 3.22. The van der Waals surface area contributed by atoms with Crippen LogP contribution >= 0.6 is 11.3 Å². The van der Waals surface area contributed by atoms with Gasteiger partial charge < -0.3 is 5.32 Å². The maximum atomic E-state index is 13.0. The van der Waals surface area contributed by atoms with E-state index in [2.05, 4.69) is 16.4 Å². The van der Waals surface area contributed by atoms with Crippen molar-refractivity contribution in [2.24, 2.45) is 0 Å². The van der Waals surface area contributed by atoms with Crippen molar-refractivity contribution in [3.8, 4) is 17.3 Å². The number of nitrogens with zero attached hydrogens (tertiary/aromatic N) is 3. The third-order valence-electron chi connectivity index (χ3n) is 3.47. The molecular formula is C16H14N4O2S2. The van der Waals surface area contributed by atoms with Gasteiger partial charge in [-0.05, 0) is 30.8 Å². The van der Waals surface area contributed by atoms with Gasteiger partial charge in [0.1, 0.15) is 11.0 Å². The van der Waals surface area contributed by atoms with Crippen molar-refractivity contribution < 1.29 is 8.42 Å². The third kappa shape index (κ3) is 2.85. The van der Waals surface area contributed by atoms with Gasteiger partial charge in [0.15, 0.2) is 0 Å². The molecule has 0 aliphatic carbocycles. The Balaban J connectivity index is 2.23. The highest BCUT2D eigenvalue weighted by Gasteiger charge is 2.23. The van der Waals surface area contributed by atoms with Crippen LogP contribution in [0.4, 0.5) is 0 Å². The summed E-state index contributed by atoms with van der Waals surface area (Å²) in [7, 11) is -2.01. The number of nitriles is 1. The molecule has 0 fully saturated rings. The molecule has 0 saturated carbocycles. The van der Waals surface area contributed by atoms with E-state index in [1.165, 1.54) is 33.8 Å². The molecule has 0 bridgehead atoms. The lowest BCUT2D eigenvalue weighted by molar-refractivity contribution is 0.587. The van der Waals surface area contributed by atoms with Crippen LogP contribution in [0, 0.1) is 11.3 Å². The molecule has 0 aromatic carbocycles. The quantitative estimate of drug-likeness (QED) is 0.757. The molecule has 0 radical (unpaired) electrons. The van der Waals surface area contributed by atoms with E-state index < -0.39 is 10.0 Å². The molecule has 0 aliphatic heterocycles. The van der Waals surface area contributed by atoms with Gasteiger partial charge in [0, 0.05) is 41.5 Å². The summed E-state index contributed by atoms with van der Waals surface area (Å²) in [6.45, 7) is 0.522. The topological polar surface area (TPSA) is 87.8 Å². The monoisotopic (exact) mass is 358 g/mol. The van der Waals surface area contributed by atoms with Crippen molar-refractivity contribution in [1.82, 2.24) is 14.3 Å². The summed E-state index contributed by atoms with van der Waals surface area (Å²) in [6.07, 6.45) is 4.41. The molecule has 3 rings (SSSR count). The zero-order valence-electron chi connectivity index (χ0n) is 12.8. The van der Waals surface area contributed by atoms with Crippen LogP contribution in [-0.2, 0) is 16.6 Å². The maximum absolute atomic E-state index is 13.0. The molecule has 0 amide bonds. The number of hydrogen-bond donors (Lipinski definition) is 1. The molecule has 8 heteroatoms. The van der Waals surface area contributed by atoms with Crippen LogP contribution < -0.4 is 5.32 Å². The van der Waals surface area contributed by atoms with Gasteiger partial charge in [-0.2, -0.15) is 16.6 Å². The molecule has 122 valence electrons. The average molecular weight is 358 g/mol. The van der Waals surface area contributed by atoms with E-state index in [4.69, 9.17) is 0 Å². The molecular weight excluding hydrogens is 344 g/mol. The Labute approximate surface area is 144 Å². The Hall–Kier alpha value is -2.47. The van der Waals surface area contributed by atoms with E-state index in [-0.39, 0.29) is 4.90 Å². The van der Waals surface area contributed by atoms with Gasteiger partial charge in [-0.1, -0.05) is 0 Å². The number of rotatable bonds is 5. The van der Waals surface area contributed by atoms with Crippen molar-refractivity contribution in [1.29, 1.82) is 5.26 Å². The van der Waals surface area contributed by atoms with Crippen LogP contribution in [0.2, 0.25) is 0 Å². The number of nitrogens with one attached hydrogen (secondary N) is 1. The first-order chi connectivity index (χ1) is 11.6. The fourth-order valence-electron chi connectivity index (χ4n) is 2.39. The number of pyridine rings is 1. The van der Waals surface area contributed by atoms with E-state index in [1.54, 1.807) is 36.1 Å². The van der Waals surface area contributed by atoms with Crippen LogP contribution in [0.1, 0.15) is 11.1 Å². The van der Waals surface area contributed by atoms with Crippen molar-refractivity contribution in [3.63, 3.8) is 0 Å². The molecule has 24 heavy (non-hydrogen) atoms. The minimum absolute atomic E-state index is 0.103. The van der Waals surface area contributed by atoms with Crippen LogP contribution in [0.15, 0.2) is 52.4 Å². The van der Waals surface area contributed by atoms with Crippen LogP contribution in [0.5, 0.6) is 0 Å². The zero-order chi connectivity index (χ0) is 17.2. The molecule has 0 unspecified atom stereocenters. The van der Waals surface area contributed by atoms with Crippen LogP contribution in [0.25, 0.3) is 11.3 Å². The van der Waals surface area contributed by atoms with Crippen molar-refractivity contribution in [2.45, 2.75) is 11.4 Å². The third-order valence-corrected chi connectivity index (χ3v) is 5.87. The molecule has 0 spiro atoms. The second-order valence-corrected chi connectivity index (χ2v) is 7.62. The van der Waals surface area contributed by atoms with Crippen molar-refractivity contribution >= 4 is 21.4 Å². The minimum Gasteiger partial charge on any atom is -0.316 e. The zero-order valence-corrected chi connectivity index (χ0v) is 14.4. The molecule has 0 aliphatic rings. The lowest BCUT2D eigenvalue weighted by Gasteiger charge is -2.09. The minimum atomic E-state index is -3.80. The highest BCUT2D eigenvalue weighted by atomic mass is 32.2. The van der Waals surface area contributed by atoms with E-state index in [0.717, 1.165) is 5.56 Å². The lowest BCUT2D eigenvalue weighted by atomic mass is 10.1. The summed E-state index contributed by atoms with van der Waals surface area (Å²) in [5.41, 5.74) is 2.35. The van der Waals surface area contributed by atoms with Crippen LogP contribution in [-0.4, -0.2) is 24.4 Å². The molecule has 3 heterocycles. The first-order valence-electron chi connectivity index (χ1n) is 7.06. The number of thiophene rings is 1. The smallest absolute Gasteiger partial charge is 0.269 e. The Morgan fingerprint density at radius 3 is 2.92 bits per heavy atom.